The Labute approximate surface area is 177 Å². The van der Waals surface area contributed by atoms with Crippen LogP contribution in [0.4, 0.5) is 0 Å². The summed E-state index contributed by atoms with van der Waals surface area (Å²) in [6.07, 6.45) is 0.306. The smallest absolute Gasteiger partial charge is 0.191 e. The second kappa shape index (κ2) is 9.33. The van der Waals surface area contributed by atoms with E-state index in [2.05, 4.69) is 0 Å². The van der Waals surface area contributed by atoms with E-state index in [4.69, 9.17) is 4.74 Å². The lowest BCUT2D eigenvalue weighted by Gasteiger charge is -2.31. The first-order chi connectivity index (χ1) is 14.0. The van der Waals surface area contributed by atoms with Crippen LogP contribution >= 0.6 is 11.8 Å². The van der Waals surface area contributed by atoms with Gasteiger partial charge in [-0.25, -0.2) is 8.42 Å². The van der Waals surface area contributed by atoms with Gasteiger partial charge in [-0.15, -0.1) is 0 Å². The number of hydrogen-bond acceptors (Lipinski definition) is 4. The molecule has 0 spiro atoms. The normalized spacial score (nSPS) is 14.2. The lowest BCUT2D eigenvalue weighted by molar-refractivity contribution is 0.255. The molecule has 0 radical (unpaired) electrons. The molecule has 0 aliphatic rings. The van der Waals surface area contributed by atoms with Crippen LogP contribution in [0, 0.1) is 0 Å². The van der Waals surface area contributed by atoms with Crippen LogP contribution in [0.5, 0.6) is 0 Å². The lowest BCUT2D eigenvalue weighted by Crippen LogP contribution is -2.40. The van der Waals surface area contributed by atoms with E-state index in [-0.39, 0.29) is 4.90 Å². The van der Waals surface area contributed by atoms with Gasteiger partial charge in [0.25, 0.3) is 0 Å². The fourth-order valence-corrected chi connectivity index (χ4v) is 5.96. The second-order valence-electron chi connectivity index (χ2n) is 6.83. The Kier molecular flexibility index (Phi) is 6.83. The number of ether oxygens (including phenoxy) is 1. The van der Waals surface area contributed by atoms with Gasteiger partial charge in [0.2, 0.25) is 0 Å². The average molecular weight is 425 g/mol. The zero-order valence-electron chi connectivity index (χ0n) is 16.5. The van der Waals surface area contributed by atoms with Crippen LogP contribution < -0.4 is 0 Å². The maximum absolute atomic E-state index is 13.7. The van der Waals surface area contributed by atoms with Crippen LogP contribution in [0.15, 0.2) is 112 Å². The number of rotatable bonds is 8. The number of benzene rings is 3. The maximum atomic E-state index is 13.7. The number of thioether (sulfide) groups is 1. The maximum Gasteiger partial charge on any atom is 0.191 e. The molecule has 0 aromatic heterocycles. The first-order valence-electron chi connectivity index (χ1n) is 9.27. The van der Waals surface area contributed by atoms with Crippen LogP contribution in [0.1, 0.15) is 12.5 Å². The van der Waals surface area contributed by atoms with Gasteiger partial charge >= 0.3 is 0 Å². The van der Waals surface area contributed by atoms with E-state index in [1.807, 2.05) is 66.7 Å². The second-order valence-corrected chi connectivity index (χ2v) is 10.1. The van der Waals surface area contributed by atoms with Crippen LogP contribution in [-0.4, -0.2) is 20.3 Å². The Hall–Kier alpha value is -2.50. The molecule has 0 heterocycles. The van der Waals surface area contributed by atoms with Crippen molar-refractivity contribution < 1.29 is 13.2 Å². The van der Waals surface area contributed by atoms with Crippen LogP contribution in [0.2, 0.25) is 0 Å². The third-order valence-corrected chi connectivity index (χ3v) is 8.12. The summed E-state index contributed by atoms with van der Waals surface area (Å²) in [6, 6.07) is 28.0. The summed E-state index contributed by atoms with van der Waals surface area (Å²) in [5, 5.41) is 1.80. The van der Waals surface area contributed by atoms with Crippen molar-refractivity contribution in [1.29, 1.82) is 0 Å². The fourth-order valence-electron chi connectivity index (χ4n) is 3.17. The van der Waals surface area contributed by atoms with Gasteiger partial charge in [0, 0.05) is 10.3 Å². The molecule has 0 saturated heterocycles. The van der Waals surface area contributed by atoms with Gasteiger partial charge in [-0.3, -0.25) is 0 Å². The molecular weight excluding hydrogens is 400 g/mol. The molecule has 29 heavy (non-hydrogen) atoms. The summed E-state index contributed by atoms with van der Waals surface area (Å²) >= 11 is 1.45. The first-order valence-corrected chi connectivity index (χ1v) is 11.6. The Balaban J connectivity index is 2.08. The zero-order chi connectivity index (χ0) is 20.7. The summed E-state index contributed by atoms with van der Waals surface area (Å²) in [5.41, 5.74) is 0.933. The molecule has 3 nitrogen and oxygen atoms in total. The minimum Gasteiger partial charge on any atom is -0.499 e. The quantitative estimate of drug-likeness (QED) is 0.341. The lowest BCUT2D eigenvalue weighted by atomic mass is 9.99. The summed E-state index contributed by atoms with van der Waals surface area (Å²) in [5.74, 6) is 0.416. The molecule has 150 valence electrons. The first kappa shape index (κ1) is 21.2. The molecule has 3 aromatic rings. The van der Waals surface area contributed by atoms with Gasteiger partial charge in [-0.1, -0.05) is 78.5 Å². The van der Waals surface area contributed by atoms with Crippen LogP contribution in [0.25, 0.3) is 0 Å². The van der Waals surface area contributed by atoms with Crippen LogP contribution in [0.3, 0.4) is 0 Å². The number of hydrogen-bond donors (Lipinski definition) is 0. The highest BCUT2D eigenvalue weighted by molar-refractivity contribution is 8.02. The molecular formula is C24H24O3S2. The molecule has 0 aliphatic heterocycles. The molecule has 0 N–H and O–H groups in total. The molecule has 0 saturated carbocycles. The molecule has 0 aliphatic carbocycles. The average Bonchev–Trinajstić information content (AvgIpc) is 2.76. The standard InChI is InChI=1S/C24H24O3S2/c1-24(18-20-12-6-3-7-13-20,29(25,26)22-16-10-5-11-17-22)23(27-2)19-28-21-14-8-4-9-15-21/h3-17,19H,18H2,1-2H3/b23-19-. The zero-order valence-corrected chi connectivity index (χ0v) is 18.1. The van der Waals surface area contributed by atoms with E-state index in [1.54, 1.807) is 36.6 Å². The van der Waals surface area contributed by atoms with E-state index in [0.717, 1.165) is 10.5 Å². The third-order valence-electron chi connectivity index (χ3n) is 4.82. The Morgan fingerprint density at radius 3 is 1.97 bits per heavy atom. The van der Waals surface area contributed by atoms with Crippen LogP contribution in [-0.2, 0) is 21.0 Å². The molecule has 1 unspecified atom stereocenters. The minimum atomic E-state index is -3.72. The number of methoxy groups -OCH3 is 1. The fraction of sp³-hybridized carbons (Fsp3) is 0.167. The van der Waals surface area contributed by atoms with Crippen molar-refractivity contribution in [3.8, 4) is 0 Å². The highest BCUT2D eigenvalue weighted by Gasteiger charge is 2.45. The van der Waals surface area contributed by atoms with Crippen molar-refractivity contribution in [1.82, 2.24) is 0 Å². The highest BCUT2D eigenvalue weighted by atomic mass is 32.2. The van der Waals surface area contributed by atoms with Crippen molar-refractivity contribution in [3.05, 3.63) is 108 Å². The Morgan fingerprint density at radius 1 is 0.897 bits per heavy atom. The summed E-state index contributed by atoms with van der Waals surface area (Å²) in [7, 11) is -2.19. The van der Waals surface area contributed by atoms with Crippen molar-refractivity contribution in [2.45, 2.75) is 27.9 Å². The van der Waals surface area contributed by atoms with Gasteiger partial charge in [0.1, 0.15) is 10.5 Å². The predicted octanol–water partition coefficient (Wildman–Crippen LogP) is 5.74. The van der Waals surface area contributed by atoms with Gasteiger partial charge < -0.3 is 4.74 Å². The summed E-state index contributed by atoms with van der Waals surface area (Å²) in [4.78, 5) is 1.30. The van der Waals surface area contributed by atoms with Crippen molar-refractivity contribution in [2.75, 3.05) is 7.11 Å². The minimum absolute atomic E-state index is 0.283. The monoisotopic (exact) mass is 424 g/mol. The van der Waals surface area contributed by atoms with E-state index >= 15 is 0 Å². The summed E-state index contributed by atoms with van der Waals surface area (Å²) in [6.45, 7) is 1.74. The molecule has 0 amide bonds. The Morgan fingerprint density at radius 2 is 1.41 bits per heavy atom. The highest BCUT2D eigenvalue weighted by Crippen LogP contribution is 2.38. The molecule has 3 rings (SSSR count). The van der Waals surface area contributed by atoms with E-state index < -0.39 is 14.6 Å². The molecule has 1 atom stereocenters. The van der Waals surface area contributed by atoms with Crippen molar-refractivity contribution >= 4 is 21.6 Å². The van der Waals surface area contributed by atoms with Gasteiger partial charge in [-0.2, -0.15) is 0 Å². The summed E-state index contributed by atoms with van der Waals surface area (Å²) < 4.78 is 31.9. The molecule has 0 bridgehead atoms. The molecule has 3 aromatic carbocycles. The SMILES string of the molecule is CO/C(=C\Sc1ccccc1)C(C)(Cc1ccccc1)S(=O)(=O)c1ccccc1. The topological polar surface area (TPSA) is 43.4 Å². The van der Waals surface area contributed by atoms with Crippen molar-refractivity contribution in [2.24, 2.45) is 0 Å². The van der Waals surface area contributed by atoms with Gasteiger partial charge in [0.15, 0.2) is 9.84 Å². The molecule has 0 fully saturated rings. The third kappa shape index (κ3) is 4.74. The van der Waals surface area contributed by atoms with Gasteiger partial charge in [-0.05, 0) is 43.2 Å². The molecule has 5 heteroatoms. The van der Waals surface area contributed by atoms with Gasteiger partial charge in [0.05, 0.1) is 12.0 Å². The van der Waals surface area contributed by atoms with Crippen molar-refractivity contribution in [3.63, 3.8) is 0 Å². The van der Waals surface area contributed by atoms with E-state index in [0.29, 0.717) is 12.2 Å². The Bertz CT molecular complexity index is 1050. The number of sulfone groups is 1. The van der Waals surface area contributed by atoms with E-state index in [9.17, 15) is 8.42 Å². The predicted molar refractivity (Wildman–Crippen MR) is 120 cm³/mol. The largest absolute Gasteiger partial charge is 0.499 e. The van der Waals surface area contributed by atoms with E-state index in [1.165, 1.54) is 18.9 Å².